The maximum absolute atomic E-state index is 8.96. The van der Waals surface area contributed by atoms with Gasteiger partial charge in [0.1, 0.15) is 11.5 Å². The molecule has 47 heavy (non-hydrogen) atoms. The minimum atomic E-state index is 0.681. The van der Waals surface area contributed by atoms with E-state index in [4.69, 9.17) is 14.7 Å². The number of aromatic nitrogens is 2. The number of unbranched alkanes of at least 4 members (excludes halogenated alkanes) is 13. The van der Waals surface area contributed by atoms with Crippen LogP contribution in [-0.4, -0.2) is 23.2 Å². The lowest BCUT2D eigenvalue weighted by molar-refractivity contribution is 0.302. The zero-order valence-corrected chi connectivity index (χ0v) is 28.5. The van der Waals surface area contributed by atoms with Crippen LogP contribution in [0.1, 0.15) is 114 Å². The third kappa shape index (κ3) is 13.6. The highest BCUT2D eigenvalue weighted by molar-refractivity contribution is 5.65. The average molecular weight is 632 g/mol. The van der Waals surface area contributed by atoms with Crippen LogP contribution < -0.4 is 9.47 Å². The lowest BCUT2D eigenvalue weighted by Crippen LogP contribution is -1.98. The molecule has 5 heteroatoms. The number of hydrogen-bond acceptors (Lipinski definition) is 5. The van der Waals surface area contributed by atoms with Crippen molar-refractivity contribution in [2.24, 2.45) is 0 Å². The van der Waals surface area contributed by atoms with Gasteiger partial charge >= 0.3 is 0 Å². The van der Waals surface area contributed by atoms with E-state index in [0.29, 0.717) is 5.56 Å². The van der Waals surface area contributed by atoms with Crippen LogP contribution in [0.4, 0.5) is 0 Å². The molecule has 0 bridgehead atoms. The van der Waals surface area contributed by atoms with Crippen molar-refractivity contribution in [2.75, 3.05) is 13.2 Å². The van der Waals surface area contributed by atoms with Gasteiger partial charge in [-0.2, -0.15) is 5.26 Å². The molecule has 3 aromatic carbocycles. The molecule has 0 unspecified atom stereocenters. The number of aryl methyl sites for hydroxylation is 1. The predicted octanol–water partition coefficient (Wildman–Crippen LogP) is 11.6. The molecule has 0 amide bonds. The van der Waals surface area contributed by atoms with Gasteiger partial charge in [-0.1, -0.05) is 108 Å². The van der Waals surface area contributed by atoms with E-state index in [1.165, 1.54) is 89.0 Å². The standard InChI is InChI=1S/C42H53N3O2/c1-2-3-4-5-11-14-17-36-33-44-42(45-34-36)39-24-28-41(29-25-39)47-31-16-13-10-8-6-7-9-12-15-30-46-40-26-22-38(23-27-40)37-20-18-35(32-43)19-21-37/h18-29,33-34H,2-17,30-31H2,1H3. The first-order valence-corrected chi connectivity index (χ1v) is 18.0. The summed E-state index contributed by atoms with van der Waals surface area (Å²) in [5.41, 5.74) is 5.18. The van der Waals surface area contributed by atoms with Crippen molar-refractivity contribution in [2.45, 2.75) is 110 Å². The maximum atomic E-state index is 8.96. The second-order valence-corrected chi connectivity index (χ2v) is 12.5. The minimum absolute atomic E-state index is 0.681. The van der Waals surface area contributed by atoms with Gasteiger partial charge in [0, 0.05) is 18.0 Å². The number of ether oxygens (including phenoxy) is 2. The van der Waals surface area contributed by atoms with E-state index in [0.717, 1.165) is 66.5 Å². The molecule has 4 aromatic rings. The number of nitriles is 1. The summed E-state index contributed by atoms with van der Waals surface area (Å²) in [5, 5.41) is 8.96. The first-order chi connectivity index (χ1) is 23.2. The van der Waals surface area contributed by atoms with Crippen LogP contribution in [0.3, 0.4) is 0 Å². The van der Waals surface area contributed by atoms with Crippen LogP contribution in [0.5, 0.6) is 11.5 Å². The van der Waals surface area contributed by atoms with Crippen LogP contribution in [-0.2, 0) is 6.42 Å². The smallest absolute Gasteiger partial charge is 0.159 e. The SMILES string of the molecule is CCCCCCCCc1cnc(-c2ccc(OCCCCCCCCCCCOc3ccc(-c4ccc(C#N)cc4)cc3)cc2)nc1. The number of rotatable bonds is 23. The van der Waals surface area contributed by atoms with Crippen molar-refractivity contribution in [1.82, 2.24) is 9.97 Å². The largest absolute Gasteiger partial charge is 0.494 e. The lowest BCUT2D eigenvalue weighted by atomic mass is 10.0. The fourth-order valence-electron chi connectivity index (χ4n) is 5.75. The van der Waals surface area contributed by atoms with Crippen LogP contribution >= 0.6 is 0 Å². The van der Waals surface area contributed by atoms with Gasteiger partial charge in [0.15, 0.2) is 5.82 Å². The summed E-state index contributed by atoms with van der Waals surface area (Å²) in [4.78, 5) is 9.21. The van der Waals surface area contributed by atoms with Crippen molar-refractivity contribution < 1.29 is 9.47 Å². The van der Waals surface area contributed by atoms with Gasteiger partial charge in [0.25, 0.3) is 0 Å². The van der Waals surface area contributed by atoms with E-state index in [9.17, 15) is 0 Å². The molecule has 5 nitrogen and oxygen atoms in total. The van der Waals surface area contributed by atoms with E-state index in [1.807, 2.05) is 60.9 Å². The van der Waals surface area contributed by atoms with Gasteiger partial charge < -0.3 is 9.47 Å². The molecular formula is C42H53N3O2. The molecule has 0 saturated carbocycles. The second kappa shape index (κ2) is 21.6. The molecule has 4 rings (SSSR count). The Morgan fingerprint density at radius 2 is 0.936 bits per heavy atom. The summed E-state index contributed by atoms with van der Waals surface area (Å²) in [6.07, 6.45) is 24.0. The quantitative estimate of drug-likeness (QED) is 0.0762. The Morgan fingerprint density at radius 1 is 0.511 bits per heavy atom. The molecule has 1 heterocycles. The molecule has 0 aliphatic carbocycles. The summed E-state index contributed by atoms with van der Waals surface area (Å²) in [5.74, 6) is 2.61. The summed E-state index contributed by atoms with van der Waals surface area (Å²) in [7, 11) is 0. The summed E-state index contributed by atoms with van der Waals surface area (Å²) >= 11 is 0. The van der Waals surface area contributed by atoms with Gasteiger partial charge in [-0.3, -0.25) is 0 Å². The van der Waals surface area contributed by atoms with Crippen LogP contribution in [0, 0.1) is 11.3 Å². The zero-order valence-electron chi connectivity index (χ0n) is 28.5. The van der Waals surface area contributed by atoms with E-state index < -0.39 is 0 Å². The number of hydrogen-bond donors (Lipinski definition) is 0. The molecule has 0 radical (unpaired) electrons. The minimum Gasteiger partial charge on any atom is -0.494 e. The highest BCUT2D eigenvalue weighted by Gasteiger charge is 2.04. The molecule has 248 valence electrons. The van der Waals surface area contributed by atoms with Gasteiger partial charge in [0.05, 0.1) is 24.8 Å². The van der Waals surface area contributed by atoms with Gasteiger partial charge in [-0.25, -0.2) is 9.97 Å². The Bertz CT molecular complexity index is 1430. The monoisotopic (exact) mass is 631 g/mol. The third-order valence-electron chi connectivity index (χ3n) is 8.66. The lowest BCUT2D eigenvalue weighted by Gasteiger charge is -2.08. The molecule has 0 atom stereocenters. The summed E-state index contributed by atoms with van der Waals surface area (Å²) < 4.78 is 11.9. The van der Waals surface area contributed by atoms with Crippen molar-refractivity contribution in [3.63, 3.8) is 0 Å². The van der Waals surface area contributed by atoms with Crippen LogP contribution in [0.25, 0.3) is 22.5 Å². The molecule has 0 fully saturated rings. The molecule has 0 N–H and O–H groups in total. The van der Waals surface area contributed by atoms with E-state index in [1.54, 1.807) is 0 Å². The molecule has 1 aromatic heterocycles. The zero-order chi connectivity index (χ0) is 32.8. The first-order valence-electron chi connectivity index (χ1n) is 18.0. The molecule has 0 saturated heterocycles. The molecule has 0 aliphatic rings. The third-order valence-corrected chi connectivity index (χ3v) is 8.66. The van der Waals surface area contributed by atoms with E-state index in [2.05, 4.69) is 47.2 Å². The summed E-state index contributed by atoms with van der Waals surface area (Å²) in [6, 6.07) is 26.2. The second-order valence-electron chi connectivity index (χ2n) is 12.5. The average Bonchev–Trinajstić information content (AvgIpc) is 3.12. The van der Waals surface area contributed by atoms with Gasteiger partial charge in [-0.15, -0.1) is 0 Å². The van der Waals surface area contributed by atoms with Crippen molar-refractivity contribution >= 4 is 0 Å². The molecule has 0 aliphatic heterocycles. The fourth-order valence-corrected chi connectivity index (χ4v) is 5.75. The molecule has 0 spiro atoms. The Labute approximate surface area is 283 Å². The Morgan fingerprint density at radius 3 is 1.43 bits per heavy atom. The van der Waals surface area contributed by atoms with Crippen LogP contribution in [0.2, 0.25) is 0 Å². The van der Waals surface area contributed by atoms with E-state index in [-0.39, 0.29) is 0 Å². The highest BCUT2D eigenvalue weighted by atomic mass is 16.5. The van der Waals surface area contributed by atoms with Crippen molar-refractivity contribution in [3.05, 3.63) is 96.3 Å². The van der Waals surface area contributed by atoms with Gasteiger partial charge in [-0.05, 0) is 90.9 Å². The van der Waals surface area contributed by atoms with E-state index >= 15 is 0 Å². The van der Waals surface area contributed by atoms with Gasteiger partial charge in [0.2, 0.25) is 0 Å². The van der Waals surface area contributed by atoms with Crippen molar-refractivity contribution in [3.8, 4) is 40.1 Å². The Balaban J connectivity index is 0.961. The maximum Gasteiger partial charge on any atom is 0.159 e. The highest BCUT2D eigenvalue weighted by Crippen LogP contribution is 2.23. The number of nitrogens with zero attached hydrogens (tertiary/aromatic N) is 3. The Kier molecular flexibility index (Phi) is 16.4. The molecular weight excluding hydrogens is 578 g/mol. The van der Waals surface area contributed by atoms with Crippen LogP contribution in [0.15, 0.2) is 85.2 Å². The van der Waals surface area contributed by atoms with Crippen molar-refractivity contribution in [1.29, 1.82) is 5.26 Å². The predicted molar refractivity (Wildman–Crippen MR) is 194 cm³/mol. The topological polar surface area (TPSA) is 68.0 Å². The summed E-state index contributed by atoms with van der Waals surface area (Å²) in [6.45, 7) is 3.79. The Hall–Kier alpha value is -4.17. The first kappa shape index (κ1) is 35.7. The normalized spacial score (nSPS) is 10.9. The fraction of sp³-hybridized carbons (Fsp3) is 0.452. The number of benzene rings is 3.